The van der Waals surface area contributed by atoms with Crippen LogP contribution in [0.5, 0.6) is 0 Å². The quantitative estimate of drug-likeness (QED) is 0.478. The molecule has 1 rings (SSSR count). The summed E-state index contributed by atoms with van der Waals surface area (Å²) in [5, 5.41) is 13.0. The maximum atomic E-state index is 11.8. The van der Waals surface area contributed by atoms with Crippen molar-refractivity contribution >= 4 is 5.91 Å². The zero-order valence-corrected chi connectivity index (χ0v) is 14.5. The summed E-state index contributed by atoms with van der Waals surface area (Å²) >= 11 is 0. The lowest BCUT2D eigenvalue weighted by Crippen LogP contribution is -2.40. The van der Waals surface area contributed by atoms with Gasteiger partial charge in [0, 0.05) is 6.42 Å². The normalized spacial score (nSPS) is 13.9. The van der Waals surface area contributed by atoms with E-state index in [4.69, 9.17) is 0 Å². The topological polar surface area (TPSA) is 49.3 Å². The van der Waals surface area contributed by atoms with Crippen LogP contribution >= 0.6 is 0 Å². The largest absolute Gasteiger partial charge is 0.387 e. The molecule has 0 saturated carbocycles. The minimum Gasteiger partial charge on any atom is -0.387 e. The molecule has 0 unspecified atom stereocenters. The Balaban J connectivity index is 2.22. The second-order valence-electron chi connectivity index (χ2n) is 6.13. The third-order valence-corrected chi connectivity index (χ3v) is 3.94. The number of aliphatic hydroxyl groups is 1. The monoisotopic (exact) mass is 317 g/mol. The summed E-state index contributed by atoms with van der Waals surface area (Å²) in [5.74, 6) is 0.0320. The van der Waals surface area contributed by atoms with Gasteiger partial charge in [-0.1, -0.05) is 75.1 Å². The smallest absolute Gasteiger partial charge is 0.220 e. The Labute approximate surface area is 140 Å². The molecule has 0 bridgehead atoms. The van der Waals surface area contributed by atoms with E-state index in [1.165, 1.54) is 24.8 Å². The number of unbranched alkanes of at least 4 members (excludes halogenated alkanes) is 4. The number of carbonyl (C=O) groups excluding carboxylic acids is 1. The van der Waals surface area contributed by atoms with E-state index in [-0.39, 0.29) is 11.9 Å². The first-order chi connectivity index (χ1) is 11.1. The summed E-state index contributed by atoms with van der Waals surface area (Å²) < 4.78 is 0. The number of nitrogens with one attached hydrogen (secondary N) is 1. The number of allylic oxidation sites excluding steroid dienone is 1. The maximum Gasteiger partial charge on any atom is 0.220 e. The summed E-state index contributed by atoms with van der Waals surface area (Å²) in [6.45, 7) is 4.02. The van der Waals surface area contributed by atoms with Crippen LogP contribution in [0.1, 0.15) is 57.9 Å². The lowest BCUT2D eigenvalue weighted by molar-refractivity contribution is -0.122. The molecule has 128 valence electrons. The second-order valence-corrected chi connectivity index (χ2v) is 6.13. The van der Waals surface area contributed by atoms with Crippen molar-refractivity contribution in [3.05, 3.63) is 48.0 Å². The second kappa shape index (κ2) is 11.9. The predicted molar refractivity (Wildman–Crippen MR) is 96.3 cm³/mol. The minimum absolute atomic E-state index is 0.0320. The van der Waals surface area contributed by atoms with E-state index in [1.807, 2.05) is 31.2 Å². The highest BCUT2D eigenvalue weighted by Gasteiger charge is 2.13. The summed E-state index contributed by atoms with van der Waals surface area (Å²) in [5.41, 5.74) is 1.21. The molecule has 23 heavy (non-hydrogen) atoms. The lowest BCUT2D eigenvalue weighted by Gasteiger charge is -2.17. The molecular weight excluding hydrogens is 286 g/mol. The van der Waals surface area contributed by atoms with E-state index in [0.717, 1.165) is 19.3 Å². The van der Waals surface area contributed by atoms with Gasteiger partial charge in [-0.15, -0.1) is 0 Å². The molecule has 2 N–H and O–H groups in total. The first-order valence-corrected chi connectivity index (χ1v) is 8.81. The van der Waals surface area contributed by atoms with Crippen LogP contribution in [0, 0.1) is 0 Å². The van der Waals surface area contributed by atoms with Gasteiger partial charge >= 0.3 is 0 Å². The number of hydrogen-bond donors (Lipinski definition) is 2. The SMILES string of the molecule is CCCCCCCC(=O)N[C@@H](C)[C@H](O)/C=C/Cc1ccccc1. The fourth-order valence-corrected chi connectivity index (χ4v) is 2.42. The standard InChI is InChI=1S/C20H31NO2/c1-3-4-5-6-10-16-20(23)21-17(2)19(22)15-11-14-18-12-8-7-9-13-18/h7-9,11-13,15,17,19,22H,3-6,10,14,16H2,1-2H3,(H,21,23)/b15-11+/t17-,19+/m0/s1. The van der Waals surface area contributed by atoms with Gasteiger partial charge in [0.1, 0.15) is 0 Å². The number of amides is 1. The van der Waals surface area contributed by atoms with E-state index in [2.05, 4.69) is 24.4 Å². The van der Waals surface area contributed by atoms with Gasteiger partial charge in [-0.3, -0.25) is 4.79 Å². The molecule has 0 heterocycles. The zero-order chi connectivity index (χ0) is 16.9. The van der Waals surface area contributed by atoms with Crippen LogP contribution in [-0.2, 0) is 11.2 Å². The van der Waals surface area contributed by atoms with Gasteiger partial charge in [-0.2, -0.15) is 0 Å². The van der Waals surface area contributed by atoms with Crippen molar-refractivity contribution in [1.82, 2.24) is 5.32 Å². The van der Waals surface area contributed by atoms with Crippen LogP contribution < -0.4 is 5.32 Å². The van der Waals surface area contributed by atoms with Gasteiger partial charge in [-0.25, -0.2) is 0 Å². The number of aliphatic hydroxyl groups excluding tert-OH is 1. The highest BCUT2D eigenvalue weighted by Crippen LogP contribution is 2.06. The summed E-state index contributed by atoms with van der Waals surface area (Å²) in [7, 11) is 0. The Morgan fingerprint density at radius 2 is 1.87 bits per heavy atom. The highest BCUT2D eigenvalue weighted by molar-refractivity contribution is 5.76. The molecule has 1 amide bonds. The molecule has 0 aliphatic heterocycles. The summed E-state index contributed by atoms with van der Waals surface area (Å²) in [6.07, 6.45) is 10.1. The molecule has 0 spiro atoms. The molecule has 3 nitrogen and oxygen atoms in total. The number of rotatable bonds is 11. The van der Waals surface area contributed by atoms with Crippen LogP contribution in [0.25, 0.3) is 0 Å². The molecule has 1 aromatic carbocycles. The molecule has 0 aromatic heterocycles. The van der Waals surface area contributed by atoms with Gasteiger partial charge in [0.2, 0.25) is 5.91 Å². The lowest BCUT2D eigenvalue weighted by atomic mass is 10.1. The third kappa shape index (κ3) is 9.19. The zero-order valence-electron chi connectivity index (χ0n) is 14.5. The van der Waals surface area contributed by atoms with E-state index < -0.39 is 6.10 Å². The number of carbonyl (C=O) groups is 1. The van der Waals surface area contributed by atoms with Crippen molar-refractivity contribution in [3.63, 3.8) is 0 Å². The number of hydrogen-bond acceptors (Lipinski definition) is 2. The van der Waals surface area contributed by atoms with Crippen LogP contribution in [0.4, 0.5) is 0 Å². The molecule has 2 atom stereocenters. The fraction of sp³-hybridized carbons (Fsp3) is 0.550. The van der Waals surface area contributed by atoms with Gasteiger partial charge in [0.15, 0.2) is 0 Å². The van der Waals surface area contributed by atoms with Crippen molar-refractivity contribution in [2.45, 2.75) is 70.9 Å². The Morgan fingerprint density at radius 3 is 2.57 bits per heavy atom. The van der Waals surface area contributed by atoms with E-state index in [0.29, 0.717) is 6.42 Å². The van der Waals surface area contributed by atoms with Crippen LogP contribution in [0.2, 0.25) is 0 Å². The molecule has 0 saturated heterocycles. The molecule has 0 fully saturated rings. The minimum atomic E-state index is -0.650. The molecule has 0 aliphatic carbocycles. The van der Waals surface area contributed by atoms with E-state index in [1.54, 1.807) is 6.08 Å². The van der Waals surface area contributed by atoms with Gasteiger partial charge in [-0.05, 0) is 25.3 Å². The van der Waals surface area contributed by atoms with Crippen molar-refractivity contribution in [1.29, 1.82) is 0 Å². The van der Waals surface area contributed by atoms with Crippen LogP contribution in [-0.4, -0.2) is 23.2 Å². The van der Waals surface area contributed by atoms with E-state index in [9.17, 15) is 9.90 Å². The average molecular weight is 317 g/mol. The highest BCUT2D eigenvalue weighted by atomic mass is 16.3. The Kier molecular flexibility index (Phi) is 10.0. The fourth-order valence-electron chi connectivity index (χ4n) is 2.42. The van der Waals surface area contributed by atoms with Crippen molar-refractivity contribution in [2.75, 3.05) is 0 Å². The molecule has 3 heteroatoms. The van der Waals surface area contributed by atoms with Crippen LogP contribution in [0.15, 0.2) is 42.5 Å². The molecular formula is C20H31NO2. The first kappa shape index (κ1) is 19.4. The molecule has 1 aromatic rings. The number of benzene rings is 1. The van der Waals surface area contributed by atoms with Gasteiger partial charge < -0.3 is 10.4 Å². The predicted octanol–water partition coefficient (Wildman–Crippen LogP) is 4.01. The van der Waals surface area contributed by atoms with Crippen molar-refractivity contribution in [2.24, 2.45) is 0 Å². The third-order valence-electron chi connectivity index (χ3n) is 3.94. The van der Waals surface area contributed by atoms with Crippen LogP contribution in [0.3, 0.4) is 0 Å². The van der Waals surface area contributed by atoms with E-state index >= 15 is 0 Å². The molecule has 0 aliphatic rings. The van der Waals surface area contributed by atoms with Crippen molar-refractivity contribution in [3.8, 4) is 0 Å². The molecule has 0 radical (unpaired) electrons. The Morgan fingerprint density at radius 1 is 1.17 bits per heavy atom. The summed E-state index contributed by atoms with van der Waals surface area (Å²) in [4.78, 5) is 11.8. The maximum absolute atomic E-state index is 11.8. The van der Waals surface area contributed by atoms with Gasteiger partial charge in [0.25, 0.3) is 0 Å². The Bertz CT molecular complexity index is 456. The van der Waals surface area contributed by atoms with Crippen molar-refractivity contribution < 1.29 is 9.90 Å². The van der Waals surface area contributed by atoms with Gasteiger partial charge in [0.05, 0.1) is 12.1 Å². The first-order valence-electron chi connectivity index (χ1n) is 8.81. The Hall–Kier alpha value is -1.61. The summed E-state index contributed by atoms with van der Waals surface area (Å²) in [6, 6.07) is 9.85. The average Bonchev–Trinajstić information content (AvgIpc) is 2.55.